The molecular weight excluding hydrogens is 258 g/mol. The highest BCUT2D eigenvalue weighted by Crippen LogP contribution is 2.28. The van der Waals surface area contributed by atoms with E-state index >= 15 is 0 Å². The summed E-state index contributed by atoms with van der Waals surface area (Å²) in [7, 11) is 1.71. The summed E-state index contributed by atoms with van der Waals surface area (Å²) < 4.78 is 5.44. The number of hydrogen-bond donors (Lipinski definition) is 2. The molecule has 2 atom stereocenters. The number of thioether (sulfide) groups is 1. The van der Waals surface area contributed by atoms with Crippen LogP contribution in [0, 0.1) is 0 Å². The second-order valence-electron chi connectivity index (χ2n) is 4.58. The van der Waals surface area contributed by atoms with E-state index in [2.05, 4.69) is 18.3 Å². The molecule has 19 heavy (non-hydrogen) atoms. The second-order valence-corrected chi connectivity index (χ2v) is 6.05. The monoisotopic (exact) mass is 283 g/mol. The number of hydrogen-bond acceptors (Lipinski definition) is 4. The van der Waals surface area contributed by atoms with Crippen molar-refractivity contribution in [1.29, 1.82) is 0 Å². The van der Waals surface area contributed by atoms with Gasteiger partial charge >= 0.3 is 0 Å². The zero-order chi connectivity index (χ0) is 14.1. The van der Waals surface area contributed by atoms with Gasteiger partial charge in [0.05, 0.1) is 13.7 Å². The lowest BCUT2D eigenvalue weighted by molar-refractivity contribution is 0.300. The predicted octanol–water partition coefficient (Wildman–Crippen LogP) is 2.85. The first-order valence-corrected chi connectivity index (χ1v) is 7.86. The van der Waals surface area contributed by atoms with Crippen LogP contribution in [0.2, 0.25) is 0 Å². The van der Waals surface area contributed by atoms with Crippen LogP contribution in [0.5, 0.6) is 5.75 Å². The Bertz CT molecular complexity index is 360. The molecule has 1 aromatic rings. The summed E-state index contributed by atoms with van der Waals surface area (Å²) in [6, 6.07) is 8.39. The SMILES string of the molecule is CCCNC(CSC(C)CO)c1ccccc1OC. The van der Waals surface area contributed by atoms with Gasteiger partial charge in [-0.1, -0.05) is 32.0 Å². The Kier molecular flexibility index (Phi) is 7.94. The third-order valence-corrected chi connectivity index (χ3v) is 4.20. The van der Waals surface area contributed by atoms with Crippen molar-refractivity contribution in [3.05, 3.63) is 29.8 Å². The van der Waals surface area contributed by atoms with Gasteiger partial charge in [0.1, 0.15) is 5.75 Å². The highest BCUT2D eigenvalue weighted by atomic mass is 32.2. The average molecular weight is 283 g/mol. The third kappa shape index (κ3) is 5.43. The van der Waals surface area contributed by atoms with Crippen molar-refractivity contribution < 1.29 is 9.84 Å². The van der Waals surface area contributed by atoms with E-state index in [1.807, 2.05) is 25.1 Å². The van der Waals surface area contributed by atoms with Gasteiger partial charge in [0.25, 0.3) is 0 Å². The van der Waals surface area contributed by atoms with Crippen LogP contribution in [-0.2, 0) is 0 Å². The van der Waals surface area contributed by atoms with Crippen molar-refractivity contribution in [2.24, 2.45) is 0 Å². The third-order valence-electron chi connectivity index (χ3n) is 2.96. The molecule has 3 nitrogen and oxygen atoms in total. The van der Waals surface area contributed by atoms with E-state index in [4.69, 9.17) is 9.84 Å². The molecule has 0 spiro atoms. The Morgan fingerprint density at radius 2 is 2.11 bits per heavy atom. The summed E-state index contributed by atoms with van der Waals surface area (Å²) in [6.45, 7) is 5.41. The van der Waals surface area contributed by atoms with Gasteiger partial charge in [0.2, 0.25) is 0 Å². The first kappa shape index (κ1) is 16.3. The summed E-state index contributed by atoms with van der Waals surface area (Å²) >= 11 is 1.78. The lowest BCUT2D eigenvalue weighted by atomic mass is 10.1. The van der Waals surface area contributed by atoms with E-state index in [1.165, 1.54) is 5.56 Å². The summed E-state index contributed by atoms with van der Waals surface area (Å²) in [5.41, 5.74) is 1.19. The van der Waals surface area contributed by atoms with E-state index in [0.29, 0.717) is 0 Å². The number of benzene rings is 1. The van der Waals surface area contributed by atoms with E-state index in [0.717, 1.165) is 24.5 Å². The normalized spacial score (nSPS) is 14.1. The Hall–Kier alpha value is -0.710. The van der Waals surface area contributed by atoms with Crippen molar-refractivity contribution >= 4 is 11.8 Å². The maximum atomic E-state index is 9.13. The minimum absolute atomic E-state index is 0.219. The summed E-state index contributed by atoms with van der Waals surface area (Å²) in [4.78, 5) is 0. The zero-order valence-electron chi connectivity index (χ0n) is 12.1. The van der Waals surface area contributed by atoms with E-state index in [9.17, 15) is 0 Å². The maximum Gasteiger partial charge on any atom is 0.123 e. The summed E-state index contributed by atoms with van der Waals surface area (Å²) in [5, 5.41) is 13.0. The second kappa shape index (κ2) is 9.23. The highest BCUT2D eigenvalue weighted by molar-refractivity contribution is 7.99. The standard InChI is InChI=1S/C15H25NO2S/c1-4-9-16-14(11-19-12(2)10-17)13-7-5-6-8-15(13)18-3/h5-8,12,14,16-17H,4,9-11H2,1-3H3. The van der Waals surface area contributed by atoms with Gasteiger partial charge in [-0.05, 0) is 19.0 Å². The molecule has 1 aromatic carbocycles. The number of methoxy groups -OCH3 is 1. The first-order chi connectivity index (χ1) is 9.22. The minimum Gasteiger partial charge on any atom is -0.496 e. The van der Waals surface area contributed by atoms with Crippen LogP contribution >= 0.6 is 11.8 Å². The van der Waals surface area contributed by atoms with Gasteiger partial charge in [0, 0.05) is 22.6 Å². The molecule has 0 aromatic heterocycles. The van der Waals surface area contributed by atoms with Crippen molar-refractivity contribution in [2.45, 2.75) is 31.6 Å². The fourth-order valence-corrected chi connectivity index (χ4v) is 2.77. The molecule has 0 saturated carbocycles. The molecule has 4 heteroatoms. The zero-order valence-corrected chi connectivity index (χ0v) is 12.9. The topological polar surface area (TPSA) is 41.5 Å². The molecule has 108 valence electrons. The van der Waals surface area contributed by atoms with Crippen LogP contribution in [0.1, 0.15) is 31.9 Å². The number of para-hydroxylation sites is 1. The van der Waals surface area contributed by atoms with Crippen LogP contribution in [0.25, 0.3) is 0 Å². The molecule has 0 aliphatic carbocycles. The van der Waals surface area contributed by atoms with Crippen LogP contribution in [0.3, 0.4) is 0 Å². The molecule has 0 heterocycles. The summed E-state index contributed by atoms with van der Waals surface area (Å²) in [5.74, 6) is 1.86. The Morgan fingerprint density at radius 1 is 1.37 bits per heavy atom. The fourth-order valence-electron chi connectivity index (χ4n) is 1.84. The number of nitrogens with one attached hydrogen (secondary N) is 1. The van der Waals surface area contributed by atoms with E-state index < -0.39 is 0 Å². The van der Waals surface area contributed by atoms with E-state index in [-0.39, 0.29) is 17.9 Å². The Labute approximate surface area is 120 Å². The molecule has 0 bridgehead atoms. The molecule has 1 rings (SSSR count). The fraction of sp³-hybridized carbons (Fsp3) is 0.600. The van der Waals surface area contributed by atoms with Gasteiger partial charge in [0.15, 0.2) is 0 Å². The predicted molar refractivity (Wildman–Crippen MR) is 83.0 cm³/mol. The van der Waals surface area contributed by atoms with Gasteiger partial charge < -0.3 is 15.2 Å². The lowest BCUT2D eigenvalue weighted by Gasteiger charge is -2.22. The van der Waals surface area contributed by atoms with Crippen LogP contribution in [0.15, 0.2) is 24.3 Å². The van der Waals surface area contributed by atoms with Crippen LogP contribution < -0.4 is 10.1 Å². The number of rotatable bonds is 9. The lowest BCUT2D eigenvalue weighted by Crippen LogP contribution is -2.25. The highest BCUT2D eigenvalue weighted by Gasteiger charge is 2.16. The molecule has 0 amide bonds. The van der Waals surface area contributed by atoms with Crippen molar-refractivity contribution in [3.63, 3.8) is 0 Å². The Balaban J connectivity index is 2.76. The number of aliphatic hydroxyl groups excluding tert-OH is 1. The molecule has 0 aliphatic heterocycles. The molecule has 0 radical (unpaired) electrons. The molecule has 0 saturated heterocycles. The minimum atomic E-state index is 0.219. The molecular formula is C15H25NO2S. The largest absolute Gasteiger partial charge is 0.496 e. The quantitative estimate of drug-likeness (QED) is 0.731. The maximum absolute atomic E-state index is 9.13. The van der Waals surface area contributed by atoms with Gasteiger partial charge in [-0.15, -0.1) is 0 Å². The van der Waals surface area contributed by atoms with Crippen molar-refractivity contribution in [1.82, 2.24) is 5.32 Å². The molecule has 2 N–H and O–H groups in total. The molecule has 0 aliphatic rings. The first-order valence-electron chi connectivity index (χ1n) is 6.81. The van der Waals surface area contributed by atoms with Crippen molar-refractivity contribution in [2.75, 3.05) is 26.0 Å². The van der Waals surface area contributed by atoms with Gasteiger partial charge in [-0.3, -0.25) is 0 Å². The number of ether oxygens (including phenoxy) is 1. The van der Waals surface area contributed by atoms with E-state index in [1.54, 1.807) is 18.9 Å². The molecule has 2 unspecified atom stereocenters. The van der Waals surface area contributed by atoms with Crippen LogP contribution in [0.4, 0.5) is 0 Å². The van der Waals surface area contributed by atoms with Gasteiger partial charge in [-0.2, -0.15) is 11.8 Å². The smallest absolute Gasteiger partial charge is 0.123 e. The van der Waals surface area contributed by atoms with Crippen molar-refractivity contribution in [3.8, 4) is 5.75 Å². The average Bonchev–Trinajstić information content (AvgIpc) is 2.47. The summed E-state index contributed by atoms with van der Waals surface area (Å²) in [6.07, 6.45) is 1.10. The van der Waals surface area contributed by atoms with Crippen LogP contribution in [-0.4, -0.2) is 36.4 Å². The Morgan fingerprint density at radius 3 is 2.74 bits per heavy atom. The number of aliphatic hydroxyl groups is 1. The molecule has 0 fully saturated rings. The van der Waals surface area contributed by atoms with Gasteiger partial charge in [-0.25, -0.2) is 0 Å².